The highest BCUT2D eigenvalue weighted by Crippen LogP contribution is 2.22. The van der Waals surface area contributed by atoms with E-state index in [0.717, 1.165) is 64.2 Å². The second kappa shape index (κ2) is 11.4. The van der Waals surface area contributed by atoms with Crippen molar-refractivity contribution >= 4 is 18.0 Å². The zero-order chi connectivity index (χ0) is 22.1. The summed E-state index contributed by atoms with van der Waals surface area (Å²) < 4.78 is 5.61. The minimum atomic E-state index is -0.490. The predicted octanol–water partition coefficient (Wildman–Crippen LogP) is 2.59. The van der Waals surface area contributed by atoms with Crippen molar-refractivity contribution in [2.24, 2.45) is 10.9 Å². The van der Waals surface area contributed by atoms with Crippen LogP contribution in [0.15, 0.2) is 4.99 Å². The van der Waals surface area contributed by atoms with Crippen molar-refractivity contribution in [3.05, 3.63) is 0 Å². The van der Waals surface area contributed by atoms with Crippen LogP contribution in [0.25, 0.3) is 0 Å². The molecule has 0 aromatic rings. The fourth-order valence-corrected chi connectivity index (χ4v) is 4.08. The number of hydrogen-bond acceptors (Lipinski definition) is 4. The van der Waals surface area contributed by atoms with Crippen LogP contribution < -0.4 is 10.6 Å². The highest BCUT2D eigenvalue weighted by atomic mass is 16.6. The van der Waals surface area contributed by atoms with E-state index in [4.69, 9.17) is 9.73 Å². The van der Waals surface area contributed by atoms with E-state index in [1.165, 1.54) is 0 Å². The van der Waals surface area contributed by atoms with Crippen LogP contribution in [0.3, 0.4) is 0 Å². The van der Waals surface area contributed by atoms with E-state index < -0.39 is 5.60 Å². The lowest BCUT2D eigenvalue weighted by atomic mass is 9.93. The molecule has 1 atom stereocenters. The Morgan fingerprint density at radius 1 is 1.10 bits per heavy atom. The normalized spacial score (nSPS) is 21.4. The van der Waals surface area contributed by atoms with E-state index in [2.05, 4.69) is 22.5 Å². The number of amides is 2. The topological polar surface area (TPSA) is 86.3 Å². The number of nitrogens with zero attached hydrogens (tertiary/aromatic N) is 3. The molecule has 2 amide bonds. The number of nitrogens with one attached hydrogen (secondary N) is 2. The third kappa shape index (κ3) is 7.69. The van der Waals surface area contributed by atoms with Crippen molar-refractivity contribution in [2.75, 3.05) is 39.8 Å². The molecule has 8 heteroatoms. The minimum Gasteiger partial charge on any atom is -0.444 e. The molecule has 0 spiro atoms. The second-order valence-corrected chi connectivity index (χ2v) is 9.33. The molecule has 0 aliphatic carbocycles. The van der Waals surface area contributed by atoms with Crippen LogP contribution in [0.1, 0.15) is 66.2 Å². The average molecular weight is 424 g/mol. The maximum Gasteiger partial charge on any atom is 0.410 e. The third-order valence-electron chi connectivity index (χ3n) is 5.71. The molecule has 2 N–H and O–H groups in total. The summed E-state index contributed by atoms with van der Waals surface area (Å²) in [6.07, 6.45) is 5.43. The van der Waals surface area contributed by atoms with Gasteiger partial charge in [-0.05, 0) is 65.7 Å². The Kier molecular flexibility index (Phi) is 9.24. The smallest absolute Gasteiger partial charge is 0.410 e. The van der Waals surface area contributed by atoms with Gasteiger partial charge in [-0.3, -0.25) is 9.79 Å². The van der Waals surface area contributed by atoms with Gasteiger partial charge < -0.3 is 25.2 Å². The van der Waals surface area contributed by atoms with E-state index in [9.17, 15) is 9.59 Å². The van der Waals surface area contributed by atoms with Gasteiger partial charge in [-0.25, -0.2) is 4.79 Å². The molecule has 2 saturated heterocycles. The Morgan fingerprint density at radius 2 is 1.80 bits per heavy atom. The van der Waals surface area contributed by atoms with Crippen molar-refractivity contribution in [3.63, 3.8) is 0 Å². The van der Waals surface area contributed by atoms with Crippen molar-refractivity contribution < 1.29 is 14.3 Å². The molecule has 0 aromatic heterocycles. The Bertz CT molecular complexity index is 594. The van der Waals surface area contributed by atoms with Gasteiger partial charge in [0.15, 0.2) is 5.96 Å². The largest absolute Gasteiger partial charge is 0.444 e. The highest BCUT2D eigenvalue weighted by Gasteiger charge is 2.31. The maximum atomic E-state index is 12.6. The molecule has 0 saturated carbocycles. The number of aliphatic imine (C=N–C) groups is 1. The Labute approximate surface area is 181 Å². The van der Waals surface area contributed by atoms with Gasteiger partial charge in [0.05, 0.1) is 12.6 Å². The lowest BCUT2D eigenvalue weighted by Gasteiger charge is -2.37. The SMILES string of the molecule is CCNC(=NCC1CCCCN1C(=O)OC(C)(C)C)N1CCC(CC(=O)NC)CC1. The van der Waals surface area contributed by atoms with E-state index in [1.54, 1.807) is 7.05 Å². The molecule has 172 valence electrons. The summed E-state index contributed by atoms with van der Waals surface area (Å²) in [5.41, 5.74) is -0.490. The molecule has 2 heterocycles. The quantitative estimate of drug-likeness (QED) is 0.524. The highest BCUT2D eigenvalue weighted by molar-refractivity contribution is 5.80. The Morgan fingerprint density at radius 3 is 2.40 bits per heavy atom. The van der Waals surface area contributed by atoms with Crippen molar-refractivity contribution in [1.82, 2.24) is 20.4 Å². The molecule has 2 aliphatic rings. The Hall–Kier alpha value is -1.99. The van der Waals surface area contributed by atoms with Gasteiger partial charge in [0.25, 0.3) is 0 Å². The lowest BCUT2D eigenvalue weighted by molar-refractivity contribution is -0.121. The van der Waals surface area contributed by atoms with Gasteiger partial charge >= 0.3 is 6.09 Å². The Balaban J connectivity index is 1.97. The zero-order valence-electron chi connectivity index (χ0n) is 19.5. The van der Waals surface area contributed by atoms with Crippen LogP contribution in [0.5, 0.6) is 0 Å². The summed E-state index contributed by atoms with van der Waals surface area (Å²) in [5, 5.41) is 6.12. The molecule has 0 radical (unpaired) electrons. The van der Waals surface area contributed by atoms with Crippen LogP contribution in [0, 0.1) is 5.92 Å². The van der Waals surface area contributed by atoms with Crippen LogP contribution in [0.2, 0.25) is 0 Å². The molecule has 2 fully saturated rings. The average Bonchev–Trinajstić information content (AvgIpc) is 2.70. The number of likely N-dealkylation sites (tertiary alicyclic amines) is 2. The van der Waals surface area contributed by atoms with Crippen molar-refractivity contribution in [2.45, 2.75) is 77.9 Å². The number of hydrogen-bond donors (Lipinski definition) is 2. The third-order valence-corrected chi connectivity index (χ3v) is 5.71. The molecule has 0 aromatic carbocycles. The van der Waals surface area contributed by atoms with Gasteiger partial charge in [-0.1, -0.05) is 0 Å². The van der Waals surface area contributed by atoms with Crippen molar-refractivity contribution in [1.29, 1.82) is 0 Å². The van der Waals surface area contributed by atoms with Crippen LogP contribution in [0.4, 0.5) is 4.79 Å². The van der Waals surface area contributed by atoms with E-state index in [1.807, 2.05) is 25.7 Å². The molecular weight excluding hydrogens is 382 g/mol. The number of ether oxygens (including phenoxy) is 1. The molecular formula is C22H41N5O3. The fourth-order valence-electron chi connectivity index (χ4n) is 4.08. The first-order chi connectivity index (χ1) is 14.2. The molecule has 2 rings (SSSR count). The fraction of sp³-hybridized carbons (Fsp3) is 0.864. The second-order valence-electron chi connectivity index (χ2n) is 9.33. The van der Waals surface area contributed by atoms with Gasteiger partial charge in [0, 0.05) is 39.6 Å². The first-order valence-corrected chi connectivity index (χ1v) is 11.5. The monoisotopic (exact) mass is 423 g/mol. The van der Waals surface area contributed by atoms with E-state index in [0.29, 0.717) is 18.9 Å². The van der Waals surface area contributed by atoms with E-state index in [-0.39, 0.29) is 18.0 Å². The number of guanidine groups is 1. The summed E-state index contributed by atoms with van der Waals surface area (Å²) in [7, 11) is 1.69. The summed E-state index contributed by atoms with van der Waals surface area (Å²) in [5.74, 6) is 1.46. The van der Waals surface area contributed by atoms with Gasteiger partial charge in [0.2, 0.25) is 5.91 Å². The summed E-state index contributed by atoms with van der Waals surface area (Å²) in [6.45, 7) is 11.7. The number of rotatable bonds is 5. The molecule has 30 heavy (non-hydrogen) atoms. The van der Waals surface area contributed by atoms with Crippen LogP contribution in [-0.2, 0) is 9.53 Å². The number of piperidine rings is 2. The van der Waals surface area contributed by atoms with Gasteiger partial charge in [0.1, 0.15) is 5.60 Å². The van der Waals surface area contributed by atoms with E-state index >= 15 is 0 Å². The number of carbonyl (C=O) groups is 2. The maximum absolute atomic E-state index is 12.6. The standard InChI is InChI=1S/C22H41N5O3/c1-6-24-20(26-13-10-17(11-14-26)15-19(28)23-5)25-16-18-9-7-8-12-27(18)21(29)30-22(2,3)4/h17-18H,6-16H2,1-5H3,(H,23,28)(H,24,25). The zero-order valence-corrected chi connectivity index (χ0v) is 19.5. The predicted molar refractivity (Wildman–Crippen MR) is 120 cm³/mol. The van der Waals surface area contributed by atoms with Gasteiger partial charge in [-0.15, -0.1) is 0 Å². The summed E-state index contributed by atoms with van der Waals surface area (Å²) >= 11 is 0. The first-order valence-electron chi connectivity index (χ1n) is 11.5. The molecule has 8 nitrogen and oxygen atoms in total. The van der Waals surface area contributed by atoms with Crippen LogP contribution >= 0.6 is 0 Å². The molecule has 1 unspecified atom stereocenters. The van der Waals surface area contributed by atoms with Gasteiger partial charge in [-0.2, -0.15) is 0 Å². The molecule has 2 aliphatic heterocycles. The first kappa shape index (κ1) is 24.3. The lowest BCUT2D eigenvalue weighted by Crippen LogP contribution is -2.49. The molecule has 0 bridgehead atoms. The minimum absolute atomic E-state index is 0.0769. The summed E-state index contributed by atoms with van der Waals surface area (Å²) in [4.78, 5) is 33.3. The summed E-state index contributed by atoms with van der Waals surface area (Å²) in [6, 6.07) is 0.0769. The number of carbonyl (C=O) groups excluding carboxylic acids is 2. The van der Waals surface area contributed by atoms with Crippen LogP contribution in [-0.4, -0.2) is 79.2 Å². The van der Waals surface area contributed by atoms with Crippen molar-refractivity contribution in [3.8, 4) is 0 Å².